The molecule has 0 bridgehead atoms. The van der Waals surface area contributed by atoms with Crippen LogP contribution in [0, 0.1) is 0 Å². The fourth-order valence-corrected chi connectivity index (χ4v) is 2.70. The average Bonchev–Trinajstić information content (AvgIpc) is 2.77. The Labute approximate surface area is 114 Å². The van der Waals surface area contributed by atoms with Crippen LogP contribution in [0.3, 0.4) is 0 Å². The van der Waals surface area contributed by atoms with Gasteiger partial charge in [0.1, 0.15) is 5.76 Å². The first-order valence-electron chi connectivity index (χ1n) is 6.17. The molecular formula is C12H22N2O4S. The highest BCUT2D eigenvalue weighted by Crippen LogP contribution is 2.15. The summed E-state index contributed by atoms with van der Waals surface area (Å²) in [5.74, 6) is 0.576. The van der Waals surface area contributed by atoms with E-state index in [0.29, 0.717) is 18.9 Å². The first-order valence-corrected chi connectivity index (χ1v) is 7.66. The van der Waals surface area contributed by atoms with Crippen LogP contribution in [0.1, 0.15) is 26.5 Å². The number of sulfonamides is 1. The van der Waals surface area contributed by atoms with Gasteiger partial charge in [-0.3, -0.25) is 0 Å². The lowest BCUT2D eigenvalue weighted by molar-refractivity contribution is -0.00519. The number of nitrogens with one attached hydrogen (secondary N) is 2. The van der Waals surface area contributed by atoms with Crippen LogP contribution in [0.5, 0.6) is 0 Å². The molecule has 0 fully saturated rings. The van der Waals surface area contributed by atoms with E-state index in [-0.39, 0.29) is 11.6 Å². The maximum Gasteiger partial charge on any atom is 0.274 e. The fourth-order valence-electron chi connectivity index (χ4n) is 1.55. The van der Waals surface area contributed by atoms with E-state index in [2.05, 4.69) is 10.0 Å². The van der Waals surface area contributed by atoms with Crippen LogP contribution in [-0.2, 0) is 21.3 Å². The summed E-state index contributed by atoms with van der Waals surface area (Å²) in [6.07, 6.45) is 0. The van der Waals surface area contributed by atoms with Gasteiger partial charge in [0.25, 0.3) is 10.0 Å². The van der Waals surface area contributed by atoms with Crippen LogP contribution < -0.4 is 10.0 Å². The summed E-state index contributed by atoms with van der Waals surface area (Å²) < 4.78 is 37.2. The molecule has 1 aromatic heterocycles. The smallest absolute Gasteiger partial charge is 0.274 e. The number of furan rings is 1. The van der Waals surface area contributed by atoms with Gasteiger partial charge in [0.05, 0.1) is 12.1 Å². The zero-order valence-electron chi connectivity index (χ0n) is 11.8. The normalized spacial score (nSPS) is 12.8. The van der Waals surface area contributed by atoms with Crippen molar-refractivity contribution in [2.75, 3.05) is 20.2 Å². The van der Waals surface area contributed by atoms with E-state index in [1.165, 1.54) is 6.07 Å². The predicted molar refractivity (Wildman–Crippen MR) is 72.4 cm³/mol. The maximum atomic E-state index is 12.0. The molecule has 0 radical (unpaired) electrons. The van der Waals surface area contributed by atoms with Gasteiger partial charge in [0, 0.05) is 13.2 Å². The van der Waals surface area contributed by atoms with Gasteiger partial charge in [-0.25, -0.2) is 13.1 Å². The highest BCUT2D eigenvalue weighted by atomic mass is 32.2. The van der Waals surface area contributed by atoms with Gasteiger partial charge in [-0.15, -0.1) is 0 Å². The first kappa shape index (κ1) is 16.2. The van der Waals surface area contributed by atoms with E-state index in [9.17, 15) is 8.42 Å². The standard InChI is InChI=1S/C12H22N2O4S/c1-5-17-12(2,3)9-14-19(15,16)11-7-6-10(18-11)8-13-4/h6-7,13-14H,5,8-9H2,1-4H3. The minimum Gasteiger partial charge on any atom is -0.447 e. The summed E-state index contributed by atoms with van der Waals surface area (Å²) in [5.41, 5.74) is -0.553. The van der Waals surface area contributed by atoms with Gasteiger partial charge in [-0.2, -0.15) is 0 Å². The van der Waals surface area contributed by atoms with Gasteiger partial charge < -0.3 is 14.5 Å². The molecule has 0 saturated heterocycles. The van der Waals surface area contributed by atoms with Gasteiger partial charge >= 0.3 is 0 Å². The quantitative estimate of drug-likeness (QED) is 0.749. The summed E-state index contributed by atoms with van der Waals surface area (Å²) in [4.78, 5) is 0. The summed E-state index contributed by atoms with van der Waals surface area (Å²) in [6.45, 7) is 6.72. The van der Waals surface area contributed by atoms with Gasteiger partial charge in [-0.05, 0) is 40.0 Å². The number of rotatable bonds is 8. The van der Waals surface area contributed by atoms with Crippen molar-refractivity contribution in [1.29, 1.82) is 0 Å². The Morgan fingerprint density at radius 1 is 1.37 bits per heavy atom. The maximum absolute atomic E-state index is 12.0. The van der Waals surface area contributed by atoms with E-state index in [1.807, 2.05) is 20.8 Å². The summed E-state index contributed by atoms with van der Waals surface area (Å²) >= 11 is 0. The van der Waals surface area contributed by atoms with Crippen LogP contribution in [0.15, 0.2) is 21.6 Å². The zero-order chi connectivity index (χ0) is 14.5. The molecule has 0 amide bonds. The summed E-state index contributed by atoms with van der Waals surface area (Å²) in [7, 11) is -1.87. The van der Waals surface area contributed by atoms with Crippen molar-refractivity contribution in [3.05, 3.63) is 17.9 Å². The second kappa shape index (κ2) is 6.51. The molecule has 0 aromatic carbocycles. The molecule has 0 spiro atoms. The molecule has 0 unspecified atom stereocenters. The topological polar surface area (TPSA) is 80.6 Å². The molecular weight excluding hydrogens is 268 g/mol. The highest BCUT2D eigenvalue weighted by Gasteiger charge is 2.24. The third-order valence-corrected chi connectivity index (χ3v) is 3.75. The van der Waals surface area contributed by atoms with E-state index in [1.54, 1.807) is 13.1 Å². The van der Waals surface area contributed by atoms with Gasteiger partial charge in [0.15, 0.2) is 0 Å². The Kier molecular flexibility index (Phi) is 5.54. The van der Waals surface area contributed by atoms with Crippen molar-refractivity contribution in [2.24, 2.45) is 0 Å². The average molecular weight is 290 g/mol. The van der Waals surface area contributed by atoms with E-state index in [4.69, 9.17) is 9.15 Å². The molecule has 7 heteroatoms. The Hall–Kier alpha value is -0.890. The van der Waals surface area contributed by atoms with Crippen LogP contribution in [0.25, 0.3) is 0 Å². The molecule has 0 aliphatic rings. The van der Waals surface area contributed by atoms with Crippen LogP contribution in [-0.4, -0.2) is 34.2 Å². The second-order valence-corrected chi connectivity index (χ2v) is 6.47. The van der Waals surface area contributed by atoms with Crippen molar-refractivity contribution in [3.8, 4) is 0 Å². The minimum atomic E-state index is -3.63. The molecule has 2 N–H and O–H groups in total. The number of hydrogen-bond donors (Lipinski definition) is 2. The van der Waals surface area contributed by atoms with Crippen molar-refractivity contribution in [3.63, 3.8) is 0 Å². The third-order valence-electron chi connectivity index (χ3n) is 2.48. The minimum absolute atomic E-state index is 0.0787. The molecule has 1 aromatic rings. The predicted octanol–water partition coefficient (Wildman–Crippen LogP) is 1.09. The van der Waals surface area contributed by atoms with Crippen molar-refractivity contribution in [1.82, 2.24) is 10.0 Å². The molecule has 0 aliphatic heterocycles. The fraction of sp³-hybridized carbons (Fsp3) is 0.667. The SMILES string of the molecule is CCOC(C)(C)CNS(=O)(=O)c1ccc(CNC)o1. The molecule has 0 aliphatic carbocycles. The summed E-state index contributed by atoms with van der Waals surface area (Å²) in [5, 5.41) is 2.81. The number of ether oxygens (including phenoxy) is 1. The van der Waals surface area contributed by atoms with Crippen LogP contribution in [0.2, 0.25) is 0 Å². The van der Waals surface area contributed by atoms with Crippen molar-refractivity contribution >= 4 is 10.0 Å². The largest absolute Gasteiger partial charge is 0.447 e. The highest BCUT2D eigenvalue weighted by molar-refractivity contribution is 7.89. The first-order chi connectivity index (χ1) is 8.80. The lowest BCUT2D eigenvalue weighted by Crippen LogP contribution is -2.40. The van der Waals surface area contributed by atoms with E-state index in [0.717, 1.165) is 0 Å². The molecule has 0 saturated carbocycles. The van der Waals surface area contributed by atoms with Gasteiger partial charge in [0.2, 0.25) is 5.09 Å². The van der Waals surface area contributed by atoms with Crippen molar-refractivity contribution in [2.45, 2.75) is 38.0 Å². The van der Waals surface area contributed by atoms with E-state index < -0.39 is 15.6 Å². The molecule has 1 rings (SSSR count). The Bertz CT molecular complexity index is 494. The Morgan fingerprint density at radius 3 is 2.63 bits per heavy atom. The zero-order valence-corrected chi connectivity index (χ0v) is 12.6. The number of hydrogen-bond acceptors (Lipinski definition) is 5. The van der Waals surface area contributed by atoms with Crippen LogP contribution in [0.4, 0.5) is 0 Å². The Morgan fingerprint density at radius 2 is 2.05 bits per heavy atom. The lowest BCUT2D eigenvalue weighted by atomic mass is 10.1. The van der Waals surface area contributed by atoms with Crippen molar-refractivity contribution < 1.29 is 17.6 Å². The van der Waals surface area contributed by atoms with Crippen LogP contribution >= 0.6 is 0 Å². The van der Waals surface area contributed by atoms with E-state index >= 15 is 0 Å². The lowest BCUT2D eigenvalue weighted by Gasteiger charge is -2.24. The Balaban J connectivity index is 2.70. The second-order valence-electron chi connectivity index (χ2n) is 4.77. The summed E-state index contributed by atoms with van der Waals surface area (Å²) in [6, 6.07) is 3.08. The molecule has 1 heterocycles. The third kappa shape index (κ3) is 4.94. The molecule has 6 nitrogen and oxygen atoms in total. The monoisotopic (exact) mass is 290 g/mol. The molecule has 0 atom stereocenters. The molecule has 19 heavy (non-hydrogen) atoms. The van der Waals surface area contributed by atoms with Gasteiger partial charge in [-0.1, -0.05) is 0 Å². The molecule has 110 valence electrons.